The van der Waals surface area contributed by atoms with Crippen molar-refractivity contribution < 1.29 is 33.3 Å². The van der Waals surface area contributed by atoms with Gasteiger partial charge in [-0.15, -0.1) is 0 Å². The van der Waals surface area contributed by atoms with Gasteiger partial charge in [0.2, 0.25) is 0 Å². The smallest absolute Gasteiger partial charge is 0.406 e. The number of benzene rings is 1. The molecule has 2 saturated heterocycles. The number of carbonyl (C=O) groups is 2. The SMILES string of the molecule is COC(=O)NC[C@]1(C(N)=O)O[C@H](COCc2ccccc2)[C@H]2OC(C)(C)O[C@H]21. The number of nitrogens with one attached hydrogen (secondary N) is 1. The van der Waals surface area contributed by atoms with Gasteiger partial charge in [0.1, 0.15) is 18.3 Å². The molecule has 3 N–H and O–H groups in total. The zero-order valence-electron chi connectivity index (χ0n) is 16.2. The van der Waals surface area contributed by atoms with Crippen molar-refractivity contribution in [3.8, 4) is 0 Å². The molecule has 2 aliphatic rings. The van der Waals surface area contributed by atoms with Crippen molar-refractivity contribution in [3.63, 3.8) is 0 Å². The number of hydrogen-bond donors (Lipinski definition) is 2. The Labute approximate surface area is 163 Å². The first-order valence-corrected chi connectivity index (χ1v) is 9.04. The molecule has 0 aromatic heterocycles. The van der Waals surface area contributed by atoms with E-state index in [1.54, 1.807) is 13.8 Å². The third-order valence-corrected chi connectivity index (χ3v) is 4.81. The van der Waals surface area contributed by atoms with E-state index in [1.165, 1.54) is 7.11 Å². The largest absolute Gasteiger partial charge is 0.453 e. The van der Waals surface area contributed by atoms with Gasteiger partial charge in [-0.25, -0.2) is 4.79 Å². The van der Waals surface area contributed by atoms with Crippen molar-refractivity contribution in [2.24, 2.45) is 5.73 Å². The predicted octanol–water partition coefficient (Wildman–Crippen LogP) is 0.702. The molecule has 1 aromatic carbocycles. The van der Waals surface area contributed by atoms with Crippen LogP contribution < -0.4 is 11.1 Å². The van der Waals surface area contributed by atoms with E-state index in [9.17, 15) is 9.59 Å². The lowest BCUT2D eigenvalue weighted by atomic mass is 9.93. The minimum Gasteiger partial charge on any atom is -0.453 e. The van der Waals surface area contributed by atoms with Crippen LogP contribution in [0.3, 0.4) is 0 Å². The Bertz CT molecular complexity index is 711. The highest BCUT2D eigenvalue weighted by atomic mass is 16.8. The number of carbonyl (C=O) groups excluding carboxylic acids is 2. The van der Waals surface area contributed by atoms with Crippen molar-refractivity contribution in [2.45, 2.75) is 50.2 Å². The Balaban J connectivity index is 1.74. The number of amides is 2. The van der Waals surface area contributed by atoms with Gasteiger partial charge in [-0.1, -0.05) is 30.3 Å². The number of nitrogens with two attached hydrogens (primary N) is 1. The van der Waals surface area contributed by atoms with Crippen LogP contribution in [0.5, 0.6) is 0 Å². The summed E-state index contributed by atoms with van der Waals surface area (Å²) in [4.78, 5) is 23.9. The minimum absolute atomic E-state index is 0.169. The summed E-state index contributed by atoms with van der Waals surface area (Å²) in [6.07, 6.45) is -2.66. The molecule has 2 amide bonds. The highest BCUT2D eigenvalue weighted by Gasteiger charge is 2.65. The lowest BCUT2D eigenvalue weighted by molar-refractivity contribution is -0.212. The fourth-order valence-electron chi connectivity index (χ4n) is 3.53. The summed E-state index contributed by atoms with van der Waals surface area (Å²) in [6.45, 7) is 3.83. The summed E-state index contributed by atoms with van der Waals surface area (Å²) in [5.74, 6) is -1.69. The van der Waals surface area contributed by atoms with E-state index in [1.807, 2.05) is 30.3 Å². The van der Waals surface area contributed by atoms with Gasteiger partial charge in [0.25, 0.3) is 5.91 Å². The molecule has 9 heteroatoms. The van der Waals surface area contributed by atoms with Crippen LogP contribution in [0.1, 0.15) is 19.4 Å². The molecule has 9 nitrogen and oxygen atoms in total. The van der Waals surface area contributed by atoms with E-state index in [2.05, 4.69) is 10.1 Å². The lowest BCUT2D eigenvalue weighted by Gasteiger charge is -2.32. The van der Waals surface area contributed by atoms with Crippen LogP contribution in [0.25, 0.3) is 0 Å². The van der Waals surface area contributed by atoms with Crippen LogP contribution in [-0.2, 0) is 35.1 Å². The minimum atomic E-state index is -1.59. The molecular weight excluding hydrogens is 368 g/mol. The molecule has 2 fully saturated rings. The molecule has 0 unspecified atom stereocenters. The number of fused-ring (bicyclic) bond motifs is 1. The maximum absolute atomic E-state index is 12.3. The highest BCUT2D eigenvalue weighted by molar-refractivity contribution is 5.86. The van der Waals surface area contributed by atoms with Crippen molar-refractivity contribution in [3.05, 3.63) is 35.9 Å². The maximum Gasteiger partial charge on any atom is 0.406 e. The van der Waals surface area contributed by atoms with Crippen LogP contribution in [0, 0.1) is 0 Å². The second-order valence-corrected chi connectivity index (χ2v) is 7.28. The third-order valence-electron chi connectivity index (χ3n) is 4.81. The van der Waals surface area contributed by atoms with Crippen molar-refractivity contribution >= 4 is 12.0 Å². The van der Waals surface area contributed by atoms with Gasteiger partial charge in [-0.2, -0.15) is 0 Å². The summed E-state index contributed by atoms with van der Waals surface area (Å²) >= 11 is 0. The molecule has 0 saturated carbocycles. The number of alkyl carbamates (subject to hydrolysis) is 1. The number of methoxy groups -OCH3 is 1. The molecule has 1 aromatic rings. The Morgan fingerprint density at radius 3 is 2.54 bits per heavy atom. The Morgan fingerprint density at radius 1 is 1.18 bits per heavy atom. The van der Waals surface area contributed by atoms with Crippen molar-refractivity contribution in [2.75, 3.05) is 20.3 Å². The van der Waals surface area contributed by atoms with Gasteiger partial charge in [0.05, 0.1) is 26.9 Å². The third kappa shape index (κ3) is 4.12. The van der Waals surface area contributed by atoms with E-state index >= 15 is 0 Å². The topological polar surface area (TPSA) is 118 Å². The molecule has 0 spiro atoms. The number of rotatable bonds is 7. The fraction of sp³-hybridized carbons (Fsp3) is 0.579. The predicted molar refractivity (Wildman–Crippen MR) is 97.1 cm³/mol. The molecule has 2 heterocycles. The normalized spacial score (nSPS) is 30.6. The highest BCUT2D eigenvalue weighted by Crippen LogP contribution is 2.44. The average Bonchev–Trinajstić information content (AvgIpc) is 3.13. The van der Waals surface area contributed by atoms with E-state index in [4.69, 9.17) is 24.7 Å². The van der Waals surface area contributed by atoms with Crippen LogP contribution in [0.4, 0.5) is 4.79 Å². The monoisotopic (exact) mass is 394 g/mol. The van der Waals surface area contributed by atoms with Crippen LogP contribution in [0.2, 0.25) is 0 Å². The van der Waals surface area contributed by atoms with Crippen LogP contribution in [0.15, 0.2) is 30.3 Å². The van der Waals surface area contributed by atoms with Gasteiger partial charge in [-0.05, 0) is 19.4 Å². The molecule has 28 heavy (non-hydrogen) atoms. The van der Waals surface area contributed by atoms with Crippen molar-refractivity contribution in [1.29, 1.82) is 0 Å². The number of hydrogen-bond acceptors (Lipinski definition) is 7. The van der Waals surface area contributed by atoms with E-state index < -0.39 is 41.7 Å². The fourth-order valence-corrected chi connectivity index (χ4v) is 3.53. The zero-order valence-corrected chi connectivity index (χ0v) is 16.2. The average molecular weight is 394 g/mol. The quantitative estimate of drug-likeness (QED) is 0.699. The Kier molecular flexibility index (Phi) is 5.90. The standard InChI is InChI=1S/C19H26N2O7/c1-18(2)27-14-13(10-25-9-12-7-5-4-6-8-12)26-19(16(20)22,15(14)28-18)11-21-17(23)24-3/h4-8,13-15H,9-11H2,1-3H3,(H2,20,22)(H,21,23)/t13-,14-,15-,19+/m1/s1. The number of ether oxygens (including phenoxy) is 5. The Hall–Kier alpha value is -2.20. The molecule has 0 aliphatic carbocycles. The van der Waals surface area contributed by atoms with Gasteiger partial charge in [0.15, 0.2) is 11.4 Å². The first-order valence-electron chi connectivity index (χ1n) is 9.04. The molecule has 154 valence electrons. The van der Waals surface area contributed by atoms with E-state index in [0.717, 1.165) is 5.56 Å². The van der Waals surface area contributed by atoms with Gasteiger partial charge < -0.3 is 34.7 Å². The molecule has 2 aliphatic heterocycles. The first-order chi connectivity index (χ1) is 13.3. The van der Waals surface area contributed by atoms with Crippen molar-refractivity contribution in [1.82, 2.24) is 5.32 Å². The van der Waals surface area contributed by atoms with Gasteiger partial charge in [-0.3, -0.25) is 4.79 Å². The molecular formula is C19H26N2O7. The molecule has 3 rings (SSSR count). The summed E-state index contributed by atoms with van der Waals surface area (Å²) < 4.78 is 28.2. The summed E-state index contributed by atoms with van der Waals surface area (Å²) in [5.41, 5.74) is 5.07. The van der Waals surface area contributed by atoms with Gasteiger partial charge >= 0.3 is 6.09 Å². The number of primary amides is 1. The molecule has 4 atom stereocenters. The van der Waals surface area contributed by atoms with E-state index in [0.29, 0.717) is 6.61 Å². The van der Waals surface area contributed by atoms with Gasteiger partial charge in [0, 0.05) is 0 Å². The summed E-state index contributed by atoms with van der Waals surface area (Å²) in [5, 5.41) is 2.48. The second-order valence-electron chi connectivity index (χ2n) is 7.28. The zero-order chi connectivity index (χ0) is 20.4. The maximum atomic E-state index is 12.3. The molecule has 0 radical (unpaired) electrons. The van der Waals surface area contributed by atoms with E-state index in [-0.39, 0.29) is 13.2 Å². The lowest BCUT2D eigenvalue weighted by Crippen LogP contribution is -2.59. The van der Waals surface area contributed by atoms with Crippen LogP contribution >= 0.6 is 0 Å². The van der Waals surface area contributed by atoms with Crippen LogP contribution in [-0.4, -0.2) is 62.0 Å². The summed E-state index contributed by atoms with van der Waals surface area (Å²) in [6, 6.07) is 9.67. The summed E-state index contributed by atoms with van der Waals surface area (Å²) in [7, 11) is 1.23. The molecule has 0 bridgehead atoms. The second kappa shape index (κ2) is 8.04. The first kappa shape index (κ1) is 20.5. The Morgan fingerprint density at radius 2 is 1.89 bits per heavy atom.